The summed E-state index contributed by atoms with van der Waals surface area (Å²) < 4.78 is 11.4. The van der Waals surface area contributed by atoms with E-state index in [0.29, 0.717) is 5.56 Å². The van der Waals surface area contributed by atoms with Gasteiger partial charge in [-0.05, 0) is 19.9 Å². The summed E-state index contributed by atoms with van der Waals surface area (Å²) in [6.07, 6.45) is 1.72. The summed E-state index contributed by atoms with van der Waals surface area (Å²) in [6.45, 7) is 3.30. The summed E-state index contributed by atoms with van der Waals surface area (Å²) >= 11 is 1.49. The predicted octanol–water partition coefficient (Wildman–Crippen LogP) is 1.92. The minimum Gasteiger partial charge on any atom is -0.456 e. The number of nitrogens with zero attached hydrogens (tertiary/aromatic N) is 2. The van der Waals surface area contributed by atoms with Crippen molar-refractivity contribution in [3.8, 4) is 5.13 Å². The molecule has 0 saturated carbocycles. The number of aromatic nitrogens is 2. The number of hydrogen-bond acceptors (Lipinski definition) is 6. The van der Waals surface area contributed by atoms with Crippen LogP contribution in [-0.4, -0.2) is 41.6 Å². The van der Waals surface area contributed by atoms with Gasteiger partial charge in [-0.15, -0.1) is 11.3 Å². The van der Waals surface area contributed by atoms with Crippen LogP contribution in [0.25, 0.3) is 5.13 Å². The van der Waals surface area contributed by atoms with Gasteiger partial charge in [0.25, 0.3) is 0 Å². The van der Waals surface area contributed by atoms with Gasteiger partial charge in [-0.1, -0.05) is 0 Å². The quantitative estimate of drug-likeness (QED) is 0.602. The van der Waals surface area contributed by atoms with Crippen LogP contribution in [-0.2, 0) is 14.3 Å². The second-order valence-electron chi connectivity index (χ2n) is 4.45. The SMILES string of the molecule is COCC(=O)OCC(=O)c1cc(C)n(-c2nccs2)c1C. The van der Waals surface area contributed by atoms with Crippen LogP contribution in [0.1, 0.15) is 21.7 Å². The van der Waals surface area contributed by atoms with E-state index in [1.54, 1.807) is 12.3 Å². The Morgan fingerprint density at radius 1 is 1.33 bits per heavy atom. The lowest BCUT2D eigenvalue weighted by molar-refractivity contribution is -0.146. The van der Waals surface area contributed by atoms with Crippen molar-refractivity contribution in [2.45, 2.75) is 13.8 Å². The monoisotopic (exact) mass is 308 g/mol. The Kier molecular flexibility index (Phi) is 4.87. The molecular weight excluding hydrogens is 292 g/mol. The molecule has 0 aliphatic heterocycles. The molecule has 2 heterocycles. The van der Waals surface area contributed by atoms with Gasteiger partial charge in [-0.3, -0.25) is 9.36 Å². The Hall–Kier alpha value is -1.99. The van der Waals surface area contributed by atoms with E-state index < -0.39 is 5.97 Å². The molecule has 2 aromatic heterocycles. The van der Waals surface area contributed by atoms with Crippen LogP contribution < -0.4 is 0 Å². The summed E-state index contributed by atoms with van der Waals surface area (Å²) in [4.78, 5) is 27.6. The molecule has 0 amide bonds. The van der Waals surface area contributed by atoms with E-state index >= 15 is 0 Å². The Bertz CT molecular complexity index is 646. The van der Waals surface area contributed by atoms with E-state index in [1.807, 2.05) is 23.8 Å². The van der Waals surface area contributed by atoms with Gasteiger partial charge in [0.1, 0.15) is 6.61 Å². The molecular formula is C14H16N2O4S. The van der Waals surface area contributed by atoms with Crippen molar-refractivity contribution in [1.29, 1.82) is 0 Å². The molecule has 0 N–H and O–H groups in total. The fourth-order valence-corrected chi connectivity index (χ4v) is 2.80. The number of ketones is 1. The summed E-state index contributed by atoms with van der Waals surface area (Å²) in [5, 5.41) is 2.68. The number of aryl methyl sites for hydroxylation is 1. The fourth-order valence-electron chi connectivity index (χ4n) is 2.05. The van der Waals surface area contributed by atoms with Gasteiger partial charge in [-0.25, -0.2) is 9.78 Å². The number of rotatable bonds is 6. The highest BCUT2D eigenvalue weighted by Crippen LogP contribution is 2.22. The van der Waals surface area contributed by atoms with Gasteiger partial charge in [0.2, 0.25) is 5.78 Å². The fraction of sp³-hybridized carbons (Fsp3) is 0.357. The number of ether oxygens (including phenoxy) is 2. The van der Waals surface area contributed by atoms with Crippen LogP contribution in [0.2, 0.25) is 0 Å². The number of carbonyl (C=O) groups excluding carboxylic acids is 2. The molecule has 0 bridgehead atoms. The standard InChI is InChI=1S/C14H16N2O4S/c1-9-6-11(12(17)7-20-13(18)8-19-3)10(2)16(9)14-15-4-5-21-14/h4-6H,7-8H2,1-3H3. The summed E-state index contributed by atoms with van der Waals surface area (Å²) in [5.74, 6) is -0.796. The Labute approximate surface area is 126 Å². The third-order valence-electron chi connectivity index (χ3n) is 2.97. The third kappa shape index (κ3) is 3.37. The highest BCUT2D eigenvalue weighted by atomic mass is 32.1. The molecule has 0 fully saturated rings. The van der Waals surface area contributed by atoms with Crippen LogP contribution in [0, 0.1) is 13.8 Å². The first-order valence-electron chi connectivity index (χ1n) is 6.31. The van der Waals surface area contributed by atoms with Crippen molar-refractivity contribution in [2.75, 3.05) is 20.3 Å². The predicted molar refractivity (Wildman–Crippen MR) is 78.1 cm³/mol. The number of methoxy groups -OCH3 is 1. The Balaban J connectivity index is 2.16. The average molecular weight is 308 g/mol. The van der Waals surface area contributed by atoms with E-state index in [0.717, 1.165) is 16.5 Å². The first-order chi connectivity index (χ1) is 10.0. The molecule has 0 radical (unpaired) electrons. The largest absolute Gasteiger partial charge is 0.456 e. The van der Waals surface area contributed by atoms with Crippen LogP contribution in [0.3, 0.4) is 0 Å². The molecule has 0 aliphatic rings. The topological polar surface area (TPSA) is 70.4 Å². The number of thiazole rings is 1. The van der Waals surface area contributed by atoms with Crippen LogP contribution in [0.15, 0.2) is 17.6 Å². The van der Waals surface area contributed by atoms with Crippen LogP contribution in [0.4, 0.5) is 0 Å². The van der Waals surface area contributed by atoms with Gasteiger partial charge in [-0.2, -0.15) is 0 Å². The van der Waals surface area contributed by atoms with E-state index in [9.17, 15) is 9.59 Å². The zero-order valence-electron chi connectivity index (χ0n) is 12.1. The maximum Gasteiger partial charge on any atom is 0.332 e. The number of hydrogen-bond donors (Lipinski definition) is 0. The van der Waals surface area contributed by atoms with Crippen molar-refractivity contribution in [1.82, 2.24) is 9.55 Å². The molecule has 2 aromatic rings. The molecule has 0 aromatic carbocycles. The van der Waals surface area contributed by atoms with Gasteiger partial charge < -0.3 is 9.47 Å². The first kappa shape index (κ1) is 15.4. The molecule has 0 unspecified atom stereocenters. The maximum atomic E-state index is 12.2. The average Bonchev–Trinajstić information content (AvgIpc) is 3.04. The van der Waals surface area contributed by atoms with Crippen molar-refractivity contribution in [3.05, 3.63) is 34.6 Å². The maximum absolute atomic E-state index is 12.2. The van der Waals surface area contributed by atoms with Crippen molar-refractivity contribution in [3.63, 3.8) is 0 Å². The second-order valence-corrected chi connectivity index (χ2v) is 5.32. The molecule has 112 valence electrons. The van der Waals surface area contributed by atoms with E-state index in [1.165, 1.54) is 18.4 Å². The normalized spacial score (nSPS) is 10.6. The Morgan fingerprint density at radius 2 is 2.10 bits per heavy atom. The summed E-state index contributed by atoms with van der Waals surface area (Å²) in [6, 6.07) is 1.78. The minimum absolute atomic E-state index is 0.161. The highest BCUT2D eigenvalue weighted by molar-refractivity contribution is 7.12. The second kappa shape index (κ2) is 6.64. The number of carbonyl (C=O) groups is 2. The molecule has 2 rings (SSSR count). The third-order valence-corrected chi connectivity index (χ3v) is 3.73. The lowest BCUT2D eigenvalue weighted by Gasteiger charge is -2.06. The van der Waals surface area contributed by atoms with Crippen molar-refractivity contribution < 1.29 is 19.1 Å². The Morgan fingerprint density at radius 3 is 2.71 bits per heavy atom. The molecule has 0 aliphatic carbocycles. The zero-order valence-corrected chi connectivity index (χ0v) is 12.9. The van der Waals surface area contributed by atoms with Crippen molar-refractivity contribution >= 4 is 23.1 Å². The first-order valence-corrected chi connectivity index (χ1v) is 7.19. The van der Waals surface area contributed by atoms with Gasteiger partial charge in [0.05, 0.1) is 0 Å². The van der Waals surface area contributed by atoms with Crippen molar-refractivity contribution in [2.24, 2.45) is 0 Å². The van der Waals surface area contributed by atoms with Gasteiger partial charge in [0.15, 0.2) is 11.7 Å². The van der Waals surface area contributed by atoms with Gasteiger partial charge >= 0.3 is 5.97 Å². The zero-order chi connectivity index (χ0) is 15.4. The van der Waals surface area contributed by atoms with Gasteiger partial charge in [0, 0.05) is 35.6 Å². The van der Waals surface area contributed by atoms with E-state index in [-0.39, 0.29) is 19.0 Å². The summed E-state index contributed by atoms with van der Waals surface area (Å²) in [7, 11) is 1.39. The van der Waals surface area contributed by atoms with Crippen LogP contribution >= 0.6 is 11.3 Å². The van der Waals surface area contributed by atoms with E-state index in [4.69, 9.17) is 4.74 Å². The summed E-state index contributed by atoms with van der Waals surface area (Å²) in [5.41, 5.74) is 2.23. The smallest absolute Gasteiger partial charge is 0.332 e. The molecule has 6 nitrogen and oxygen atoms in total. The lowest BCUT2D eigenvalue weighted by atomic mass is 10.1. The number of Topliss-reactive ketones (excluding diaryl/α,β-unsaturated/α-hetero) is 1. The number of esters is 1. The van der Waals surface area contributed by atoms with Crippen LogP contribution in [0.5, 0.6) is 0 Å². The molecule has 7 heteroatoms. The molecule has 21 heavy (non-hydrogen) atoms. The molecule has 0 saturated heterocycles. The molecule has 0 atom stereocenters. The minimum atomic E-state index is -0.556. The highest BCUT2D eigenvalue weighted by Gasteiger charge is 2.18. The lowest BCUT2D eigenvalue weighted by Crippen LogP contribution is -2.17. The molecule has 0 spiro atoms. The van der Waals surface area contributed by atoms with E-state index in [2.05, 4.69) is 9.72 Å².